The second-order valence-electron chi connectivity index (χ2n) is 6.20. The molecule has 1 unspecified atom stereocenters. The lowest BCUT2D eigenvalue weighted by Gasteiger charge is -2.22. The highest BCUT2D eigenvalue weighted by Gasteiger charge is 2.34. The van der Waals surface area contributed by atoms with Gasteiger partial charge in [0.2, 0.25) is 5.89 Å². The number of halogens is 1. The zero-order valence-corrected chi connectivity index (χ0v) is 14.8. The zero-order chi connectivity index (χ0) is 16.4. The highest BCUT2D eigenvalue weighted by atomic mass is 35.5. The molecule has 0 saturated carbocycles. The molecule has 1 aliphatic heterocycles. The molecule has 1 amide bonds. The maximum absolute atomic E-state index is 12.8. The second kappa shape index (κ2) is 7.77. The van der Waals surface area contributed by atoms with Gasteiger partial charge in [0, 0.05) is 24.6 Å². The maximum Gasteiger partial charge on any atom is 0.254 e. The topological polar surface area (TPSA) is 85.2 Å². The van der Waals surface area contributed by atoms with Crippen molar-refractivity contribution in [2.24, 2.45) is 5.73 Å². The lowest BCUT2D eigenvalue weighted by molar-refractivity contribution is 0.0728. The van der Waals surface area contributed by atoms with Crippen LogP contribution in [0.25, 0.3) is 0 Å². The molecule has 24 heavy (non-hydrogen) atoms. The Morgan fingerprint density at radius 1 is 1.38 bits per heavy atom. The number of hydrogen-bond acceptors (Lipinski definition) is 5. The standard InChI is InChI=1S/C17H22N4O2.ClH/c1-11(2)16-19-15(20-23-16)14-4-3-9-21(14)17(22)13-7-5-12(10-18)6-8-13;/h5-8,11,14H,3-4,9-10,18H2,1-2H3;1H. The summed E-state index contributed by atoms with van der Waals surface area (Å²) in [6.07, 6.45) is 1.81. The molecule has 7 heteroatoms. The molecule has 2 aromatic rings. The van der Waals surface area contributed by atoms with Gasteiger partial charge < -0.3 is 15.2 Å². The average Bonchev–Trinajstić information content (AvgIpc) is 3.22. The van der Waals surface area contributed by atoms with Gasteiger partial charge in [-0.15, -0.1) is 12.4 Å². The first-order valence-electron chi connectivity index (χ1n) is 8.03. The third-order valence-electron chi connectivity index (χ3n) is 4.20. The molecule has 6 nitrogen and oxygen atoms in total. The number of carbonyl (C=O) groups is 1. The van der Waals surface area contributed by atoms with E-state index in [0.717, 1.165) is 18.4 Å². The summed E-state index contributed by atoms with van der Waals surface area (Å²) in [5, 5.41) is 4.08. The van der Waals surface area contributed by atoms with Gasteiger partial charge in [-0.25, -0.2) is 0 Å². The molecule has 1 fully saturated rings. The van der Waals surface area contributed by atoms with Gasteiger partial charge in [0.15, 0.2) is 5.82 Å². The number of benzene rings is 1. The van der Waals surface area contributed by atoms with E-state index in [9.17, 15) is 4.79 Å². The first kappa shape index (κ1) is 18.4. The van der Waals surface area contributed by atoms with Crippen LogP contribution in [0.3, 0.4) is 0 Å². The summed E-state index contributed by atoms with van der Waals surface area (Å²) in [6, 6.07) is 7.34. The Balaban J connectivity index is 0.00000208. The molecule has 1 aromatic carbocycles. The Bertz CT molecular complexity index is 684. The monoisotopic (exact) mass is 350 g/mol. The molecular formula is C17H23ClN4O2. The first-order valence-corrected chi connectivity index (χ1v) is 8.03. The van der Waals surface area contributed by atoms with Crippen LogP contribution in [0.1, 0.15) is 66.3 Å². The third kappa shape index (κ3) is 3.60. The highest BCUT2D eigenvalue weighted by molar-refractivity contribution is 5.94. The Labute approximate surface area is 147 Å². The smallest absolute Gasteiger partial charge is 0.254 e. The van der Waals surface area contributed by atoms with Crippen molar-refractivity contribution in [3.05, 3.63) is 47.1 Å². The molecule has 1 atom stereocenters. The van der Waals surface area contributed by atoms with E-state index < -0.39 is 0 Å². The van der Waals surface area contributed by atoms with Crippen molar-refractivity contribution in [2.75, 3.05) is 6.54 Å². The molecule has 0 radical (unpaired) electrons. The largest absolute Gasteiger partial charge is 0.339 e. The molecule has 130 valence electrons. The Kier molecular flexibility index (Phi) is 5.96. The van der Waals surface area contributed by atoms with Crippen molar-refractivity contribution in [3.8, 4) is 0 Å². The lowest BCUT2D eigenvalue weighted by Crippen LogP contribution is -2.31. The number of rotatable bonds is 4. The third-order valence-corrected chi connectivity index (χ3v) is 4.20. The summed E-state index contributed by atoms with van der Waals surface area (Å²) >= 11 is 0. The Morgan fingerprint density at radius 2 is 2.08 bits per heavy atom. The van der Waals surface area contributed by atoms with Crippen LogP contribution < -0.4 is 5.73 Å². The van der Waals surface area contributed by atoms with Crippen LogP contribution in [-0.4, -0.2) is 27.5 Å². The minimum atomic E-state index is -0.104. The van der Waals surface area contributed by atoms with Crippen molar-refractivity contribution < 1.29 is 9.32 Å². The number of amides is 1. The van der Waals surface area contributed by atoms with Gasteiger partial charge in [0.1, 0.15) is 0 Å². The van der Waals surface area contributed by atoms with Crippen molar-refractivity contribution in [1.29, 1.82) is 0 Å². The maximum atomic E-state index is 12.8. The van der Waals surface area contributed by atoms with Crippen molar-refractivity contribution in [3.63, 3.8) is 0 Å². The Hall–Kier alpha value is -1.92. The van der Waals surface area contributed by atoms with Crippen LogP contribution in [0.5, 0.6) is 0 Å². The fraction of sp³-hybridized carbons (Fsp3) is 0.471. The summed E-state index contributed by atoms with van der Waals surface area (Å²) in [5.41, 5.74) is 7.28. The molecule has 0 aliphatic carbocycles. The summed E-state index contributed by atoms with van der Waals surface area (Å²) in [5.74, 6) is 1.42. The number of nitrogens with two attached hydrogens (primary N) is 1. The molecule has 1 saturated heterocycles. The van der Waals surface area contributed by atoms with Crippen LogP contribution >= 0.6 is 12.4 Å². The summed E-state index contributed by atoms with van der Waals surface area (Å²) in [7, 11) is 0. The highest BCUT2D eigenvalue weighted by Crippen LogP contribution is 2.32. The second-order valence-corrected chi connectivity index (χ2v) is 6.20. The predicted octanol–water partition coefficient (Wildman–Crippen LogP) is 3.05. The Morgan fingerprint density at radius 3 is 2.67 bits per heavy atom. The number of hydrogen-bond donors (Lipinski definition) is 1. The van der Waals surface area contributed by atoms with Crippen LogP contribution in [-0.2, 0) is 6.54 Å². The van der Waals surface area contributed by atoms with Crippen molar-refractivity contribution in [1.82, 2.24) is 15.0 Å². The lowest BCUT2D eigenvalue weighted by atomic mass is 10.1. The van der Waals surface area contributed by atoms with E-state index in [-0.39, 0.29) is 30.3 Å². The molecule has 1 aliphatic rings. The average molecular weight is 351 g/mol. The van der Waals surface area contributed by atoms with Gasteiger partial charge in [-0.05, 0) is 30.5 Å². The van der Waals surface area contributed by atoms with Crippen LogP contribution in [0.4, 0.5) is 0 Å². The number of carbonyl (C=O) groups excluding carboxylic acids is 1. The van der Waals surface area contributed by atoms with Crippen LogP contribution in [0.15, 0.2) is 28.8 Å². The van der Waals surface area contributed by atoms with Crippen LogP contribution in [0, 0.1) is 0 Å². The van der Waals surface area contributed by atoms with Crippen molar-refractivity contribution >= 4 is 18.3 Å². The molecule has 0 spiro atoms. The fourth-order valence-corrected chi connectivity index (χ4v) is 2.84. The van der Waals surface area contributed by atoms with E-state index in [2.05, 4.69) is 10.1 Å². The van der Waals surface area contributed by atoms with E-state index in [1.807, 2.05) is 43.0 Å². The first-order chi connectivity index (χ1) is 11.1. The summed E-state index contributed by atoms with van der Waals surface area (Å²) < 4.78 is 5.29. The van der Waals surface area contributed by atoms with Crippen molar-refractivity contribution in [2.45, 2.75) is 45.2 Å². The van der Waals surface area contributed by atoms with Gasteiger partial charge in [0.25, 0.3) is 5.91 Å². The van der Waals surface area contributed by atoms with Gasteiger partial charge >= 0.3 is 0 Å². The normalized spacial score (nSPS) is 17.2. The van der Waals surface area contributed by atoms with E-state index in [4.69, 9.17) is 10.3 Å². The minimum absolute atomic E-state index is 0. The minimum Gasteiger partial charge on any atom is -0.339 e. The summed E-state index contributed by atoms with van der Waals surface area (Å²) in [4.78, 5) is 19.1. The molecular weight excluding hydrogens is 328 g/mol. The molecule has 0 bridgehead atoms. The van der Waals surface area contributed by atoms with Gasteiger partial charge in [-0.3, -0.25) is 4.79 Å². The van der Waals surface area contributed by atoms with E-state index in [1.165, 1.54) is 0 Å². The number of likely N-dealkylation sites (tertiary alicyclic amines) is 1. The quantitative estimate of drug-likeness (QED) is 0.915. The van der Waals surface area contributed by atoms with Gasteiger partial charge in [0.05, 0.1) is 6.04 Å². The number of aromatic nitrogens is 2. The van der Waals surface area contributed by atoms with E-state index in [1.54, 1.807) is 0 Å². The fourth-order valence-electron chi connectivity index (χ4n) is 2.84. The molecule has 3 rings (SSSR count). The number of nitrogens with zero attached hydrogens (tertiary/aromatic N) is 3. The molecule has 2 N–H and O–H groups in total. The molecule has 2 heterocycles. The zero-order valence-electron chi connectivity index (χ0n) is 13.9. The van der Waals surface area contributed by atoms with Crippen LogP contribution in [0.2, 0.25) is 0 Å². The SMILES string of the molecule is CC(C)c1nc(C2CCCN2C(=O)c2ccc(CN)cc2)no1.Cl. The predicted molar refractivity (Wildman–Crippen MR) is 93.0 cm³/mol. The van der Waals surface area contributed by atoms with E-state index >= 15 is 0 Å². The summed E-state index contributed by atoms with van der Waals surface area (Å²) in [6.45, 7) is 5.21. The van der Waals surface area contributed by atoms with Gasteiger partial charge in [-0.2, -0.15) is 4.98 Å². The molecule has 1 aromatic heterocycles. The van der Waals surface area contributed by atoms with E-state index in [0.29, 0.717) is 30.4 Å². The van der Waals surface area contributed by atoms with Gasteiger partial charge in [-0.1, -0.05) is 31.1 Å².